The maximum absolute atomic E-state index is 9.05. The zero-order valence-corrected chi connectivity index (χ0v) is 14.4. The van der Waals surface area contributed by atoms with Gasteiger partial charge in [0.2, 0.25) is 0 Å². The van der Waals surface area contributed by atoms with Gasteiger partial charge in [-0.1, -0.05) is 6.07 Å². The molecule has 1 atom stereocenters. The first-order valence-electron chi connectivity index (χ1n) is 8.45. The van der Waals surface area contributed by atoms with Crippen LogP contribution in [0.2, 0.25) is 0 Å². The Labute approximate surface area is 143 Å². The van der Waals surface area contributed by atoms with Crippen molar-refractivity contribution in [2.75, 3.05) is 38.6 Å². The van der Waals surface area contributed by atoms with Gasteiger partial charge in [0, 0.05) is 44.5 Å². The average Bonchev–Trinajstić information content (AvgIpc) is 3.09. The summed E-state index contributed by atoms with van der Waals surface area (Å²) < 4.78 is 2.27. The van der Waals surface area contributed by atoms with E-state index >= 15 is 0 Å². The van der Waals surface area contributed by atoms with Gasteiger partial charge in [-0.25, -0.2) is 9.97 Å². The van der Waals surface area contributed by atoms with Gasteiger partial charge in [-0.3, -0.25) is 0 Å². The summed E-state index contributed by atoms with van der Waals surface area (Å²) in [6, 6.07) is 7.76. The molecule has 0 unspecified atom stereocenters. The lowest BCUT2D eigenvalue weighted by Crippen LogP contribution is -2.36. The number of anilines is 1. The van der Waals surface area contributed by atoms with E-state index in [1.54, 1.807) is 6.07 Å². The molecule has 2 aromatic rings. The molecule has 2 aromatic heterocycles. The first-order valence-corrected chi connectivity index (χ1v) is 8.45. The highest BCUT2D eigenvalue weighted by molar-refractivity contribution is 5.42. The van der Waals surface area contributed by atoms with Crippen molar-refractivity contribution in [3.8, 4) is 6.07 Å². The Hall–Kier alpha value is -2.39. The molecule has 1 aliphatic rings. The maximum atomic E-state index is 9.05. The van der Waals surface area contributed by atoms with Crippen LogP contribution in [0.3, 0.4) is 0 Å². The molecule has 0 radical (unpaired) electrons. The van der Waals surface area contributed by atoms with Crippen molar-refractivity contribution < 1.29 is 0 Å². The van der Waals surface area contributed by atoms with Gasteiger partial charge in [0.05, 0.1) is 0 Å². The minimum absolute atomic E-state index is 0.406. The smallest absolute Gasteiger partial charge is 0.142 e. The van der Waals surface area contributed by atoms with E-state index in [0.29, 0.717) is 11.6 Å². The second-order valence-electron chi connectivity index (χ2n) is 6.56. The Morgan fingerprint density at radius 2 is 2.25 bits per heavy atom. The molecule has 6 nitrogen and oxygen atoms in total. The zero-order chi connectivity index (χ0) is 16.9. The third-order valence-electron chi connectivity index (χ3n) is 4.50. The number of hydrogen-bond donors (Lipinski definition) is 0. The standard InChI is InChI=1S/C18H24N6/c1-22(2)11-12-23-10-8-20-18(23)15-5-4-9-24(14-15)17-7-3-6-16(13-19)21-17/h3,6-8,10,15H,4-5,9,11-12,14H2,1-2H3/t15-/m0/s1. The van der Waals surface area contributed by atoms with Crippen molar-refractivity contribution in [1.82, 2.24) is 19.4 Å². The predicted molar refractivity (Wildman–Crippen MR) is 93.9 cm³/mol. The number of imidazole rings is 1. The van der Waals surface area contributed by atoms with E-state index in [9.17, 15) is 0 Å². The Morgan fingerprint density at radius 3 is 3.04 bits per heavy atom. The highest BCUT2D eigenvalue weighted by Gasteiger charge is 2.25. The van der Waals surface area contributed by atoms with Gasteiger partial charge in [-0.05, 0) is 39.1 Å². The highest BCUT2D eigenvalue weighted by atomic mass is 15.2. The number of nitriles is 1. The van der Waals surface area contributed by atoms with E-state index < -0.39 is 0 Å². The first kappa shape index (κ1) is 16.5. The van der Waals surface area contributed by atoms with Gasteiger partial charge in [0.25, 0.3) is 0 Å². The number of hydrogen-bond acceptors (Lipinski definition) is 5. The Kier molecular flexibility index (Phi) is 5.11. The first-order chi connectivity index (χ1) is 11.7. The van der Waals surface area contributed by atoms with Gasteiger partial charge in [-0.2, -0.15) is 5.26 Å². The second-order valence-corrected chi connectivity index (χ2v) is 6.56. The molecule has 1 saturated heterocycles. The number of likely N-dealkylation sites (N-methyl/N-ethyl adjacent to an activating group) is 1. The van der Waals surface area contributed by atoms with E-state index in [0.717, 1.165) is 50.7 Å². The molecular formula is C18H24N6. The third-order valence-corrected chi connectivity index (χ3v) is 4.50. The Balaban J connectivity index is 1.74. The van der Waals surface area contributed by atoms with Crippen LogP contribution in [0.4, 0.5) is 5.82 Å². The van der Waals surface area contributed by atoms with Crippen LogP contribution < -0.4 is 4.90 Å². The number of piperidine rings is 1. The van der Waals surface area contributed by atoms with Crippen molar-refractivity contribution in [3.05, 3.63) is 42.1 Å². The minimum atomic E-state index is 0.406. The van der Waals surface area contributed by atoms with E-state index in [2.05, 4.69) is 50.7 Å². The minimum Gasteiger partial charge on any atom is -0.356 e. The highest BCUT2D eigenvalue weighted by Crippen LogP contribution is 2.28. The van der Waals surface area contributed by atoms with Crippen LogP contribution in [0.1, 0.15) is 30.3 Å². The topological polar surface area (TPSA) is 61.0 Å². The molecule has 0 N–H and O–H groups in total. The van der Waals surface area contributed by atoms with Gasteiger partial charge < -0.3 is 14.4 Å². The van der Waals surface area contributed by atoms with Crippen LogP contribution in [-0.2, 0) is 6.54 Å². The predicted octanol–water partition coefficient (Wildman–Crippen LogP) is 2.10. The summed E-state index contributed by atoms with van der Waals surface area (Å²) in [5.41, 5.74) is 0.474. The molecule has 0 bridgehead atoms. The fourth-order valence-electron chi connectivity index (χ4n) is 3.24. The summed E-state index contributed by atoms with van der Waals surface area (Å²) >= 11 is 0. The lowest BCUT2D eigenvalue weighted by molar-refractivity contribution is 0.373. The van der Waals surface area contributed by atoms with Crippen molar-refractivity contribution in [3.63, 3.8) is 0 Å². The normalized spacial score (nSPS) is 17.9. The van der Waals surface area contributed by atoms with E-state index in [4.69, 9.17) is 5.26 Å². The Bertz CT molecular complexity index is 714. The van der Waals surface area contributed by atoms with Gasteiger partial charge in [0.1, 0.15) is 23.4 Å². The lowest BCUT2D eigenvalue weighted by atomic mass is 9.97. The maximum Gasteiger partial charge on any atom is 0.142 e. The number of pyridine rings is 1. The molecule has 0 spiro atoms. The number of nitrogens with zero attached hydrogens (tertiary/aromatic N) is 6. The fourth-order valence-corrected chi connectivity index (χ4v) is 3.24. The monoisotopic (exact) mass is 324 g/mol. The van der Waals surface area contributed by atoms with Crippen LogP contribution in [-0.4, -0.2) is 53.2 Å². The molecule has 1 fully saturated rings. The summed E-state index contributed by atoms with van der Waals surface area (Å²) in [5, 5.41) is 9.05. The summed E-state index contributed by atoms with van der Waals surface area (Å²) in [4.78, 5) is 13.5. The van der Waals surface area contributed by atoms with Crippen molar-refractivity contribution in [2.24, 2.45) is 0 Å². The van der Waals surface area contributed by atoms with Gasteiger partial charge in [0.15, 0.2) is 0 Å². The van der Waals surface area contributed by atoms with Gasteiger partial charge in [-0.15, -0.1) is 0 Å². The van der Waals surface area contributed by atoms with E-state index in [-0.39, 0.29) is 0 Å². The number of aromatic nitrogens is 3. The zero-order valence-electron chi connectivity index (χ0n) is 14.4. The van der Waals surface area contributed by atoms with Gasteiger partial charge >= 0.3 is 0 Å². The summed E-state index contributed by atoms with van der Waals surface area (Å²) in [5.74, 6) is 2.46. The van der Waals surface area contributed by atoms with Crippen LogP contribution in [0.5, 0.6) is 0 Å². The van der Waals surface area contributed by atoms with Crippen molar-refractivity contribution >= 4 is 5.82 Å². The van der Waals surface area contributed by atoms with E-state index in [1.165, 1.54) is 0 Å². The quantitative estimate of drug-likeness (QED) is 0.843. The molecule has 6 heteroatoms. The fraction of sp³-hybridized carbons (Fsp3) is 0.500. The average molecular weight is 324 g/mol. The van der Waals surface area contributed by atoms with Crippen LogP contribution in [0, 0.1) is 11.3 Å². The molecule has 126 valence electrons. The summed E-state index contributed by atoms with van der Waals surface area (Å²) in [7, 11) is 4.18. The van der Waals surface area contributed by atoms with Crippen LogP contribution in [0.25, 0.3) is 0 Å². The largest absolute Gasteiger partial charge is 0.356 e. The summed E-state index contributed by atoms with van der Waals surface area (Å²) in [6.07, 6.45) is 6.24. The Morgan fingerprint density at radius 1 is 1.38 bits per heavy atom. The molecule has 1 aliphatic heterocycles. The van der Waals surface area contributed by atoms with Crippen molar-refractivity contribution in [2.45, 2.75) is 25.3 Å². The number of rotatable bonds is 5. The molecule has 0 aromatic carbocycles. The summed E-state index contributed by atoms with van der Waals surface area (Å²) in [6.45, 7) is 3.85. The third kappa shape index (κ3) is 3.74. The molecular weight excluding hydrogens is 300 g/mol. The molecule has 0 saturated carbocycles. The van der Waals surface area contributed by atoms with Crippen LogP contribution >= 0.6 is 0 Å². The molecule has 0 amide bonds. The SMILES string of the molecule is CN(C)CCn1ccnc1[C@H]1CCCN(c2cccc(C#N)n2)C1. The van der Waals surface area contributed by atoms with E-state index in [1.807, 2.05) is 18.3 Å². The molecule has 3 heterocycles. The molecule has 0 aliphatic carbocycles. The van der Waals surface area contributed by atoms with Crippen LogP contribution in [0.15, 0.2) is 30.6 Å². The van der Waals surface area contributed by atoms with Crippen molar-refractivity contribution in [1.29, 1.82) is 5.26 Å². The molecule has 3 rings (SSSR count). The lowest BCUT2D eigenvalue weighted by Gasteiger charge is -2.33. The second kappa shape index (κ2) is 7.45. The molecule has 24 heavy (non-hydrogen) atoms.